The second-order valence-corrected chi connectivity index (χ2v) is 13.2. The van der Waals surface area contributed by atoms with Crippen LogP contribution in [-0.2, 0) is 0 Å². The van der Waals surface area contributed by atoms with Crippen molar-refractivity contribution in [3.63, 3.8) is 0 Å². The van der Waals surface area contributed by atoms with Crippen LogP contribution in [0.3, 0.4) is 0 Å². The topological polar surface area (TPSA) is 46.9 Å². The number of hydrogen-bond acceptors (Lipinski definition) is 5. The Morgan fingerprint density at radius 2 is 1.57 bits per heavy atom. The third kappa shape index (κ3) is 7.16. The van der Waals surface area contributed by atoms with Gasteiger partial charge < -0.3 is 10.4 Å². The monoisotopic (exact) mass is 416 g/mol. The molecule has 0 spiro atoms. The predicted molar refractivity (Wildman–Crippen MR) is 122 cm³/mol. The van der Waals surface area contributed by atoms with E-state index in [0.29, 0.717) is 17.3 Å². The molecule has 2 saturated heterocycles. The molecule has 4 nitrogen and oxygen atoms in total. The average molecular weight is 417 g/mol. The number of hydrogen-bond donors (Lipinski definition) is 3. The number of rotatable bonds is 3. The summed E-state index contributed by atoms with van der Waals surface area (Å²) in [5.74, 6) is 2.02. The number of hydroxylamine groups is 4. The van der Waals surface area contributed by atoms with Crippen molar-refractivity contribution in [1.29, 1.82) is 0 Å². The maximum absolute atomic E-state index is 10.1. The summed E-state index contributed by atoms with van der Waals surface area (Å²) in [5, 5.41) is 22.7. The van der Waals surface area contributed by atoms with Crippen LogP contribution in [0.2, 0.25) is 0 Å². The van der Waals surface area contributed by atoms with Crippen molar-refractivity contribution in [1.82, 2.24) is 10.1 Å². The van der Waals surface area contributed by atoms with Crippen molar-refractivity contribution < 1.29 is 10.4 Å². The van der Waals surface area contributed by atoms with E-state index < -0.39 is 0 Å². The smallest absolute Gasteiger partial charge is 0.0862 e. The zero-order valence-electron chi connectivity index (χ0n) is 20.2. The van der Waals surface area contributed by atoms with Gasteiger partial charge in [-0.05, 0) is 89.9 Å². The summed E-state index contributed by atoms with van der Waals surface area (Å²) in [6.07, 6.45) is 5.57. The molecule has 0 aromatic heterocycles. The summed E-state index contributed by atoms with van der Waals surface area (Å²) in [5.41, 5.74) is 0.175. The molecule has 28 heavy (non-hydrogen) atoms. The Hall–Kier alpha value is 0.190. The van der Waals surface area contributed by atoms with Crippen molar-refractivity contribution in [2.24, 2.45) is 23.2 Å². The van der Waals surface area contributed by atoms with Crippen molar-refractivity contribution in [2.45, 2.75) is 117 Å². The van der Waals surface area contributed by atoms with E-state index in [9.17, 15) is 10.4 Å². The van der Waals surface area contributed by atoms with Crippen molar-refractivity contribution >= 4 is 12.6 Å². The van der Waals surface area contributed by atoms with Crippen LogP contribution in [-0.4, -0.2) is 43.0 Å². The van der Waals surface area contributed by atoms with E-state index in [1.54, 1.807) is 0 Å². The molecule has 2 fully saturated rings. The van der Waals surface area contributed by atoms with E-state index in [4.69, 9.17) is 0 Å². The molecule has 2 aliphatic rings. The van der Waals surface area contributed by atoms with E-state index in [0.717, 1.165) is 31.7 Å². The van der Waals surface area contributed by atoms with Gasteiger partial charge in [-0.25, -0.2) is 0 Å². The summed E-state index contributed by atoms with van der Waals surface area (Å²) in [4.78, 5) is -0.388. The first-order valence-corrected chi connectivity index (χ1v) is 11.5. The Bertz CT molecular complexity index is 479. The molecule has 0 aliphatic carbocycles. The fourth-order valence-corrected chi connectivity index (χ4v) is 5.73. The number of thiol groups is 1. The summed E-state index contributed by atoms with van der Waals surface area (Å²) in [6, 6.07) is 0. The molecule has 168 valence electrons. The molecular weight excluding hydrogens is 368 g/mol. The first-order chi connectivity index (χ1) is 12.4. The average Bonchev–Trinajstić information content (AvgIpc) is 2.69. The van der Waals surface area contributed by atoms with Crippen LogP contribution in [0.5, 0.6) is 0 Å². The van der Waals surface area contributed by atoms with E-state index in [2.05, 4.69) is 74.9 Å². The highest BCUT2D eigenvalue weighted by Crippen LogP contribution is 2.44. The maximum Gasteiger partial charge on any atom is 0.0862 e. The fraction of sp³-hybridized carbons (Fsp3) is 1.00. The third-order valence-corrected chi connectivity index (χ3v) is 6.88. The van der Waals surface area contributed by atoms with Gasteiger partial charge in [-0.1, -0.05) is 34.6 Å². The molecule has 2 N–H and O–H groups in total. The Morgan fingerprint density at radius 1 is 1.04 bits per heavy atom. The second-order valence-electron chi connectivity index (χ2n) is 12.3. The van der Waals surface area contributed by atoms with Crippen LogP contribution < -0.4 is 0 Å². The van der Waals surface area contributed by atoms with Gasteiger partial charge in [-0.15, -0.1) is 0 Å². The molecular formula is C23H48N2O2S. The molecule has 2 rings (SSSR count). The maximum atomic E-state index is 10.1. The van der Waals surface area contributed by atoms with Gasteiger partial charge in [0.05, 0.1) is 4.87 Å². The van der Waals surface area contributed by atoms with Crippen LogP contribution in [0, 0.1) is 23.2 Å². The standard InChI is InChI=1S/C12H25NOS.C11H23NO/c1-9(2)6-10-7-11(3,4)13(14)12(5,15)8-10;1-10(2,3)8-9-6-7-12(13)11(9,4)5/h9-10,14-15H,6-8H2,1-5H3;9,13H,6-8H2,1-5H3. The third-order valence-electron chi connectivity index (χ3n) is 6.51. The van der Waals surface area contributed by atoms with Gasteiger partial charge in [0.25, 0.3) is 0 Å². The quantitative estimate of drug-likeness (QED) is 0.461. The van der Waals surface area contributed by atoms with Crippen LogP contribution >= 0.6 is 12.6 Å². The van der Waals surface area contributed by atoms with Gasteiger partial charge >= 0.3 is 0 Å². The van der Waals surface area contributed by atoms with Crippen LogP contribution in [0.1, 0.15) is 101 Å². The van der Waals surface area contributed by atoms with Gasteiger partial charge in [0, 0.05) is 17.6 Å². The highest BCUT2D eigenvalue weighted by Gasteiger charge is 2.45. The molecule has 5 heteroatoms. The minimum Gasteiger partial charge on any atom is -0.313 e. The van der Waals surface area contributed by atoms with Crippen molar-refractivity contribution in [2.75, 3.05) is 6.54 Å². The minimum absolute atomic E-state index is 0.0344. The zero-order valence-corrected chi connectivity index (χ0v) is 21.1. The SMILES string of the molecule is CC(C)(C)CC1CCN(O)C1(C)C.CC(C)CC1CC(C)(C)N(O)C(C)(S)C1. The Kier molecular flexibility index (Phi) is 8.55. The Labute approximate surface area is 180 Å². The molecule has 0 radical (unpaired) electrons. The molecule has 3 unspecified atom stereocenters. The van der Waals surface area contributed by atoms with E-state index in [1.807, 2.05) is 6.92 Å². The summed E-state index contributed by atoms with van der Waals surface area (Å²) >= 11 is 4.58. The van der Waals surface area contributed by atoms with Gasteiger partial charge in [-0.2, -0.15) is 22.8 Å². The molecule has 0 bridgehead atoms. The number of piperidine rings is 1. The molecule has 2 heterocycles. The molecule has 2 aliphatic heterocycles. The molecule has 0 amide bonds. The van der Waals surface area contributed by atoms with E-state index in [1.165, 1.54) is 23.0 Å². The van der Waals surface area contributed by atoms with Crippen LogP contribution in [0.25, 0.3) is 0 Å². The Balaban J connectivity index is 0.000000283. The van der Waals surface area contributed by atoms with Gasteiger partial charge in [0.15, 0.2) is 0 Å². The lowest BCUT2D eigenvalue weighted by molar-refractivity contribution is -0.227. The lowest BCUT2D eigenvalue weighted by Gasteiger charge is -2.51. The normalized spacial score (nSPS) is 33.6. The molecule has 0 aromatic carbocycles. The van der Waals surface area contributed by atoms with Crippen LogP contribution in [0.4, 0.5) is 0 Å². The van der Waals surface area contributed by atoms with Gasteiger partial charge in [-0.3, -0.25) is 0 Å². The lowest BCUT2D eigenvalue weighted by atomic mass is 9.77. The van der Waals surface area contributed by atoms with Gasteiger partial charge in [0.2, 0.25) is 0 Å². The highest BCUT2D eigenvalue weighted by atomic mass is 32.1. The van der Waals surface area contributed by atoms with Crippen molar-refractivity contribution in [3.05, 3.63) is 0 Å². The first-order valence-electron chi connectivity index (χ1n) is 11.1. The first kappa shape index (κ1) is 26.2. The molecule has 0 saturated carbocycles. The van der Waals surface area contributed by atoms with E-state index in [-0.39, 0.29) is 15.9 Å². The summed E-state index contributed by atoms with van der Waals surface area (Å²) < 4.78 is 0. The van der Waals surface area contributed by atoms with Crippen molar-refractivity contribution in [3.8, 4) is 0 Å². The van der Waals surface area contributed by atoms with E-state index >= 15 is 0 Å². The highest BCUT2D eigenvalue weighted by molar-refractivity contribution is 7.81. The Morgan fingerprint density at radius 3 is 1.93 bits per heavy atom. The summed E-state index contributed by atoms with van der Waals surface area (Å²) in [6.45, 7) is 22.6. The van der Waals surface area contributed by atoms with Crippen LogP contribution in [0.15, 0.2) is 0 Å². The second kappa shape index (κ2) is 9.13. The lowest BCUT2D eigenvalue weighted by Crippen LogP contribution is -2.57. The zero-order chi connectivity index (χ0) is 22.1. The minimum atomic E-state index is -0.388. The largest absolute Gasteiger partial charge is 0.313 e. The molecule has 0 aromatic rings. The predicted octanol–water partition coefficient (Wildman–Crippen LogP) is 6.47. The van der Waals surface area contributed by atoms with Gasteiger partial charge in [0.1, 0.15) is 0 Å². The molecule has 3 atom stereocenters. The fourth-order valence-electron chi connectivity index (χ4n) is 5.21. The number of nitrogens with zero attached hydrogens (tertiary/aromatic N) is 2. The summed E-state index contributed by atoms with van der Waals surface area (Å²) in [7, 11) is 0.